The second-order valence-electron chi connectivity index (χ2n) is 4.36. The summed E-state index contributed by atoms with van der Waals surface area (Å²) < 4.78 is 0. The summed E-state index contributed by atoms with van der Waals surface area (Å²) in [6.45, 7) is 4.28. The summed E-state index contributed by atoms with van der Waals surface area (Å²) in [6.07, 6.45) is 3.76. The molecular weight excluding hydrogens is 206 g/mol. The number of carbonyl (C=O) groups excluding carboxylic acids is 1. The first-order chi connectivity index (χ1) is 7.22. The molecule has 0 spiro atoms. The van der Waals surface area contributed by atoms with E-state index in [-0.39, 0.29) is 0 Å². The van der Waals surface area contributed by atoms with Crippen molar-refractivity contribution in [3.63, 3.8) is 0 Å². The number of hydrogen-bond donors (Lipinski definition) is 0. The van der Waals surface area contributed by atoms with Crippen molar-refractivity contribution in [2.24, 2.45) is 5.92 Å². The molecular formula is C12H17NOS. The van der Waals surface area contributed by atoms with Gasteiger partial charge in [0, 0.05) is 23.6 Å². The van der Waals surface area contributed by atoms with E-state index in [4.69, 9.17) is 0 Å². The minimum absolute atomic E-state index is 0.428. The smallest absolute Gasteiger partial charge is 0.133 e. The van der Waals surface area contributed by atoms with Gasteiger partial charge in [-0.05, 0) is 19.3 Å². The highest BCUT2D eigenvalue weighted by atomic mass is 32.1. The molecule has 1 aromatic rings. The first-order valence-corrected chi connectivity index (χ1v) is 6.52. The van der Waals surface area contributed by atoms with Gasteiger partial charge in [-0.1, -0.05) is 13.3 Å². The average molecular weight is 223 g/mol. The molecule has 1 aromatic heterocycles. The van der Waals surface area contributed by atoms with Gasteiger partial charge in [0.2, 0.25) is 0 Å². The molecule has 1 aliphatic rings. The molecule has 0 saturated heterocycles. The van der Waals surface area contributed by atoms with E-state index in [9.17, 15) is 4.79 Å². The van der Waals surface area contributed by atoms with Crippen LogP contribution in [0.15, 0.2) is 5.51 Å². The van der Waals surface area contributed by atoms with Crippen LogP contribution in [-0.4, -0.2) is 10.8 Å². The van der Waals surface area contributed by atoms with Crippen LogP contribution < -0.4 is 0 Å². The topological polar surface area (TPSA) is 30.0 Å². The van der Waals surface area contributed by atoms with E-state index in [1.54, 1.807) is 11.3 Å². The maximum atomic E-state index is 11.5. The molecule has 2 atom stereocenters. The van der Waals surface area contributed by atoms with Crippen LogP contribution in [0.25, 0.3) is 0 Å². The Kier molecular flexibility index (Phi) is 3.19. The fourth-order valence-electron chi connectivity index (χ4n) is 2.52. The third-order valence-corrected chi connectivity index (χ3v) is 4.52. The maximum absolute atomic E-state index is 11.5. The van der Waals surface area contributed by atoms with E-state index in [1.165, 1.54) is 11.3 Å². The number of thiazole rings is 1. The van der Waals surface area contributed by atoms with Crippen molar-refractivity contribution in [3.05, 3.63) is 16.1 Å². The molecule has 1 saturated carbocycles. The standard InChI is InChI=1S/C12H17NOS/c1-3-9-4-5-10(14)6-11(9)12-8(2)13-7-15-12/h7,9,11H,3-6H2,1-2H3. The van der Waals surface area contributed by atoms with Crippen molar-refractivity contribution in [1.29, 1.82) is 0 Å². The fraction of sp³-hybridized carbons (Fsp3) is 0.667. The third-order valence-electron chi connectivity index (χ3n) is 3.45. The molecule has 15 heavy (non-hydrogen) atoms. The number of Topliss-reactive ketones (excluding diaryl/α,β-unsaturated/α-hetero) is 1. The van der Waals surface area contributed by atoms with Crippen LogP contribution in [0.4, 0.5) is 0 Å². The van der Waals surface area contributed by atoms with Crippen LogP contribution in [0, 0.1) is 12.8 Å². The highest BCUT2D eigenvalue weighted by molar-refractivity contribution is 7.09. The second-order valence-corrected chi connectivity index (χ2v) is 5.24. The lowest BCUT2D eigenvalue weighted by atomic mass is 9.76. The van der Waals surface area contributed by atoms with E-state index in [2.05, 4.69) is 18.8 Å². The molecule has 1 aliphatic carbocycles. The average Bonchev–Trinajstić information content (AvgIpc) is 2.64. The van der Waals surface area contributed by atoms with Crippen LogP contribution in [0.1, 0.15) is 49.1 Å². The minimum Gasteiger partial charge on any atom is -0.300 e. The number of nitrogens with zero attached hydrogens (tertiary/aromatic N) is 1. The molecule has 0 amide bonds. The number of aryl methyl sites for hydroxylation is 1. The molecule has 0 aliphatic heterocycles. The molecule has 1 fully saturated rings. The highest BCUT2D eigenvalue weighted by Gasteiger charge is 2.31. The lowest BCUT2D eigenvalue weighted by molar-refractivity contribution is -0.121. The molecule has 2 rings (SSSR count). The Morgan fingerprint density at radius 2 is 2.40 bits per heavy atom. The lowest BCUT2D eigenvalue weighted by Crippen LogP contribution is -2.22. The highest BCUT2D eigenvalue weighted by Crippen LogP contribution is 2.40. The Balaban J connectivity index is 2.24. The molecule has 0 aromatic carbocycles. The van der Waals surface area contributed by atoms with Gasteiger partial charge in [0.25, 0.3) is 0 Å². The zero-order chi connectivity index (χ0) is 10.8. The summed E-state index contributed by atoms with van der Waals surface area (Å²) in [6, 6.07) is 0. The molecule has 0 N–H and O–H groups in total. The van der Waals surface area contributed by atoms with Gasteiger partial charge in [0.05, 0.1) is 11.2 Å². The maximum Gasteiger partial charge on any atom is 0.133 e. The number of ketones is 1. The zero-order valence-corrected chi connectivity index (χ0v) is 10.1. The van der Waals surface area contributed by atoms with Crippen LogP contribution >= 0.6 is 11.3 Å². The normalized spacial score (nSPS) is 26.9. The van der Waals surface area contributed by atoms with E-state index in [0.717, 1.165) is 25.0 Å². The number of hydrogen-bond acceptors (Lipinski definition) is 3. The molecule has 0 bridgehead atoms. The van der Waals surface area contributed by atoms with Crippen molar-refractivity contribution in [1.82, 2.24) is 4.98 Å². The molecule has 0 radical (unpaired) electrons. The summed E-state index contributed by atoms with van der Waals surface area (Å²) in [5.74, 6) is 1.56. The van der Waals surface area contributed by atoms with Crippen molar-refractivity contribution >= 4 is 17.1 Å². The summed E-state index contributed by atoms with van der Waals surface area (Å²) in [7, 11) is 0. The Morgan fingerprint density at radius 1 is 1.60 bits per heavy atom. The Labute approximate surface area is 94.7 Å². The van der Waals surface area contributed by atoms with Gasteiger partial charge in [-0.25, -0.2) is 4.98 Å². The van der Waals surface area contributed by atoms with Crippen molar-refractivity contribution in [2.75, 3.05) is 0 Å². The SMILES string of the molecule is CCC1CCC(=O)CC1c1scnc1C. The van der Waals surface area contributed by atoms with Gasteiger partial charge in [-0.15, -0.1) is 11.3 Å². The predicted molar refractivity (Wildman–Crippen MR) is 62.2 cm³/mol. The van der Waals surface area contributed by atoms with Gasteiger partial charge < -0.3 is 0 Å². The Hall–Kier alpha value is -0.700. The number of rotatable bonds is 2. The quantitative estimate of drug-likeness (QED) is 0.770. The van der Waals surface area contributed by atoms with Gasteiger partial charge >= 0.3 is 0 Å². The molecule has 1 heterocycles. The van der Waals surface area contributed by atoms with Crippen LogP contribution in [0.3, 0.4) is 0 Å². The summed E-state index contributed by atoms with van der Waals surface area (Å²) >= 11 is 1.71. The predicted octanol–water partition coefficient (Wildman–Crippen LogP) is 3.31. The van der Waals surface area contributed by atoms with E-state index in [0.29, 0.717) is 17.6 Å². The van der Waals surface area contributed by atoms with Crippen LogP contribution in [0.2, 0.25) is 0 Å². The van der Waals surface area contributed by atoms with E-state index < -0.39 is 0 Å². The van der Waals surface area contributed by atoms with Gasteiger partial charge in [-0.2, -0.15) is 0 Å². The summed E-state index contributed by atoms with van der Waals surface area (Å²) in [5, 5.41) is 0. The summed E-state index contributed by atoms with van der Waals surface area (Å²) in [5.41, 5.74) is 3.02. The van der Waals surface area contributed by atoms with Gasteiger partial charge in [-0.3, -0.25) is 4.79 Å². The molecule has 2 nitrogen and oxygen atoms in total. The number of aromatic nitrogens is 1. The van der Waals surface area contributed by atoms with Crippen LogP contribution in [0.5, 0.6) is 0 Å². The Bertz CT molecular complexity index is 358. The largest absolute Gasteiger partial charge is 0.300 e. The minimum atomic E-state index is 0.428. The molecule has 2 unspecified atom stereocenters. The van der Waals surface area contributed by atoms with Crippen LogP contribution in [-0.2, 0) is 4.79 Å². The number of carbonyl (C=O) groups is 1. The van der Waals surface area contributed by atoms with Gasteiger partial charge in [0.15, 0.2) is 0 Å². The summed E-state index contributed by atoms with van der Waals surface area (Å²) in [4.78, 5) is 17.2. The first kappa shape index (κ1) is 10.8. The van der Waals surface area contributed by atoms with Gasteiger partial charge in [0.1, 0.15) is 5.78 Å². The second kappa shape index (κ2) is 4.44. The first-order valence-electron chi connectivity index (χ1n) is 5.64. The fourth-order valence-corrected chi connectivity index (χ4v) is 3.52. The van der Waals surface area contributed by atoms with Crippen molar-refractivity contribution < 1.29 is 4.79 Å². The zero-order valence-electron chi connectivity index (χ0n) is 9.32. The Morgan fingerprint density at radius 3 is 3.00 bits per heavy atom. The van der Waals surface area contributed by atoms with E-state index >= 15 is 0 Å². The molecule has 82 valence electrons. The lowest BCUT2D eigenvalue weighted by Gasteiger charge is -2.29. The van der Waals surface area contributed by atoms with Crippen molar-refractivity contribution in [3.8, 4) is 0 Å². The molecule has 3 heteroatoms. The van der Waals surface area contributed by atoms with E-state index in [1.807, 2.05) is 5.51 Å². The monoisotopic (exact) mass is 223 g/mol. The third kappa shape index (κ3) is 2.12. The van der Waals surface area contributed by atoms with Crippen molar-refractivity contribution in [2.45, 2.75) is 45.4 Å².